The molecule has 2 heterocycles. The third-order valence-electron chi connectivity index (χ3n) is 4.01. The van der Waals surface area contributed by atoms with Gasteiger partial charge in [0.15, 0.2) is 0 Å². The molecular formula is C17H18Br2N2. The van der Waals surface area contributed by atoms with E-state index in [0.29, 0.717) is 6.04 Å². The highest BCUT2D eigenvalue weighted by atomic mass is 79.9. The molecule has 1 aromatic carbocycles. The highest BCUT2D eigenvalue weighted by molar-refractivity contribution is 9.10. The molecule has 21 heavy (non-hydrogen) atoms. The van der Waals surface area contributed by atoms with Gasteiger partial charge in [-0.05, 0) is 71.2 Å². The Balaban J connectivity index is 1.81. The fraction of sp³-hybridized carbons (Fsp3) is 0.294. The first-order valence-corrected chi connectivity index (χ1v) is 8.75. The Labute approximate surface area is 142 Å². The molecule has 1 atom stereocenters. The molecule has 1 unspecified atom stereocenters. The first-order chi connectivity index (χ1) is 10.2. The molecule has 1 aromatic heterocycles. The van der Waals surface area contributed by atoms with Crippen molar-refractivity contribution < 1.29 is 0 Å². The van der Waals surface area contributed by atoms with E-state index in [1.165, 1.54) is 18.4 Å². The molecule has 2 nitrogen and oxygen atoms in total. The monoisotopic (exact) mass is 408 g/mol. The molecule has 1 aliphatic rings. The minimum Gasteiger partial charge on any atom is -0.311 e. The number of benzene rings is 1. The lowest BCUT2D eigenvalue weighted by Crippen LogP contribution is -2.26. The van der Waals surface area contributed by atoms with Crippen LogP contribution in [-0.4, -0.2) is 22.1 Å². The van der Waals surface area contributed by atoms with Crippen LogP contribution in [0.5, 0.6) is 0 Å². The molecule has 110 valence electrons. The standard InChI is InChI=1S/C17H18Br2N2/c1-2-15-4-3-9-20(15)11-13-10-17(19)21(12-13)16-7-5-14(18)6-8-16/h2,5-8,10,12,15H,1,3-4,9,11H2. The number of halogens is 2. The summed E-state index contributed by atoms with van der Waals surface area (Å²) in [4.78, 5) is 2.50. The van der Waals surface area contributed by atoms with E-state index in [9.17, 15) is 0 Å². The zero-order valence-electron chi connectivity index (χ0n) is 11.8. The molecule has 0 radical (unpaired) electrons. The van der Waals surface area contributed by atoms with Crippen LogP contribution in [0.3, 0.4) is 0 Å². The summed E-state index contributed by atoms with van der Waals surface area (Å²) in [6.07, 6.45) is 6.79. The maximum Gasteiger partial charge on any atom is 0.0895 e. The van der Waals surface area contributed by atoms with Crippen molar-refractivity contribution >= 4 is 31.9 Å². The maximum absolute atomic E-state index is 3.95. The van der Waals surface area contributed by atoms with Crippen LogP contribution in [-0.2, 0) is 6.54 Å². The van der Waals surface area contributed by atoms with E-state index < -0.39 is 0 Å². The van der Waals surface area contributed by atoms with Crippen molar-refractivity contribution in [3.8, 4) is 5.69 Å². The molecule has 3 rings (SSSR count). The zero-order chi connectivity index (χ0) is 14.8. The molecule has 0 saturated carbocycles. The summed E-state index contributed by atoms with van der Waals surface area (Å²) in [5, 5.41) is 0. The fourth-order valence-electron chi connectivity index (χ4n) is 2.92. The summed E-state index contributed by atoms with van der Waals surface area (Å²) < 4.78 is 4.37. The zero-order valence-corrected chi connectivity index (χ0v) is 15.0. The van der Waals surface area contributed by atoms with E-state index in [4.69, 9.17) is 0 Å². The lowest BCUT2D eigenvalue weighted by molar-refractivity contribution is 0.282. The van der Waals surface area contributed by atoms with Crippen LogP contribution < -0.4 is 0 Å². The second kappa shape index (κ2) is 6.51. The molecule has 1 aliphatic heterocycles. The predicted octanol–water partition coefficient (Wildman–Crippen LogP) is 5.15. The number of nitrogens with zero attached hydrogens (tertiary/aromatic N) is 2. The van der Waals surface area contributed by atoms with Gasteiger partial charge in [0, 0.05) is 28.9 Å². The Hall–Kier alpha value is -0.840. The first kappa shape index (κ1) is 15.1. The quantitative estimate of drug-likeness (QED) is 0.633. The molecule has 1 fully saturated rings. The van der Waals surface area contributed by atoms with Gasteiger partial charge in [0.2, 0.25) is 0 Å². The van der Waals surface area contributed by atoms with Crippen LogP contribution in [0.2, 0.25) is 0 Å². The predicted molar refractivity (Wildman–Crippen MR) is 94.8 cm³/mol. The summed E-state index contributed by atoms with van der Waals surface area (Å²) in [6.45, 7) is 6.10. The number of hydrogen-bond acceptors (Lipinski definition) is 1. The first-order valence-electron chi connectivity index (χ1n) is 7.16. The van der Waals surface area contributed by atoms with Gasteiger partial charge < -0.3 is 4.57 Å². The van der Waals surface area contributed by atoms with Gasteiger partial charge in [-0.15, -0.1) is 6.58 Å². The Morgan fingerprint density at radius 2 is 2.00 bits per heavy atom. The second-order valence-corrected chi connectivity index (χ2v) is 7.16. The molecule has 0 spiro atoms. The Bertz CT molecular complexity index is 631. The minimum atomic E-state index is 0.528. The van der Waals surface area contributed by atoms with Crippen molar-refractivity contribution in [1.82, 2.24) is 9.47 Å². The van der Waals surface area contributed by atoms with Crippen LogP contribution in [0.15, 0.2) is 58.3 Å². The van der Waals surface area contributed by atoms with Crippen molar-refractivity contribution in [3.63, 3.8) is 0 Å². The van der Waals surface area contributed by atoms with Gasteiger partial charge in [-0.1, -0.05) is 22.0 Å². The summed E-state index contributed by atoms with van der Waals surface area (Å²) in [5.74, 6) is 0. The summed E-state index contributed by atoms with van der Waals surface area (Å²) in [7, 11) is 0. The average molecular weight is 410 g/mol. The van der Waals surface area contributed by atoms with Gasteiger partial charge in [0.25, 0.3) is 0 Å². The molecule has 0 N–H and O–H groups in total. The topological polar surface area (TPSA) is 8.17 Å². The van der Waals surface area contributed by atoms with E-state index in [-0.39, 0.29) is 0 Å². The Kier molecular flexibility index (Phi) is 4.67. The Morgan fingerprint density at radius 3 is 2.71 bits per heavy atom. The van der Waals surface area contributed by atoms with E-state index >= 15 is 0 Å². The minimum absolute atomic E-state index is 0.528. The number of rotatable bonds is 4. The third kappa shape index (κ3) is 3.33. The molecule has 2 aromatic rings. The van der Waals surface area contributed by atoms with Crippen LogP contribution in [0.4, 0.5) is 0 Å². The van der Waals surface area contributed by atoms with Crippen LogP contribution >= 0.6 is 31.9 Å². The van der Waals surface area contributed by atoms with Gasteiger partial charge in [-0.25, -0.2) is 0 Å². The van der Waals surface area contributed by atoms with Crippen LogP contribution in [0, 0.1) is 0 Å². The van der Waals surface area contributed by atoms with Crippen molar-refractivity contribution in [2.45, 2.75) is 25.4 Å². The van der Waals surface area contributed by atoms with E-state index in [2.05, 4.69) is 90.5 Å². The molecular weight excluding hydrogens is 392 g/mol. The highest BCUT2D eigenvalue weighted by Gasteiger charge is 2.22. The van der Waals surface area contributed by atoms with Gasteiger partial charge in [-0.3, -0.25) is 4.90 Å². The van der Waals surface area contributed by atoms with Crippen LogP contribution in [0.1, 0.15) is 18.4 Å². The van der Waals surface area contributed by atoms with E-state index in [0.717, 1.165) is 27.9 Å². The van der Waals surface area contributed by atoms with E-state index in [1.807, 2.05) is 0 Å². The number of hydrogen-bond donors (Lipinski definition) is 0. The van der Waals surface area contributed by atoms with Gasteiger partial charge in [0.1, 0.15) is 0 Å². The van der Waals surface area contributed by atoms with Crippen molar-refractivity contribution in [3.05, 3.63) is 63.8 Å². The molecule has 4 heteroatoms. The lowest BCUT2D eigenvalue weighted by Gasteiger charge is -2.20. The molecule has 0 amide bonds. The number of likely N-dealkylation sites (tertiary alicyclic amines) is 1. The maximum atomic E-state index is 3.95. The SMILES string of the molecule is C=CC1CCCN1Cc1cc(Br)n(-c2ccc(Br)cc2)c1. The smallest absolute Gasteiger partial charge is 0.0895 e. The largest absolute Gasteiger partial charge is 0.311 e. The third-order valence-corrected chi connectivity index (χ3v) is 5.15. The molecule has 0 aliphatic carbocycles. The number of aromatic nitrogens is 1. The van der Waals surface area contributed by atoms with Gasteiger partial charge in [-0.2, -0.15) is 0 Å². The van der Waals surface area contributed by atoms with Gasteiger partial charge in [0.05, 0.1) is 4.60 Å². The molecule has 1 saturated heterocycles. The van der Waals surface area contributed by atoms with Crippen molar-refractivity contribution in [2.75, 3.05) is 6.54 Å². The summed E-state index contributed by atoms with van der Waals surface area (Å²) in [5.41, 5.74) is 2.50. The van der Waals surface area contributed by atoms with Gasteiger partial charge >= 0.3 is 0 Å². The summed E-state index contributed by atoms with van der Waals surface area (Å²) >= 11 is 7.14. The van der Waals surface area contributed by atoms with E-state index in [1.54, 1.807) is 0 Å². The fourth-order valence-corrected chi connectivity index (χ4v) is 3.79. The molecule has 0 bridgehead atoms. The lowest BCUT2D eigenvalue weighted by atomic mass is 10.2. The summed E-state index contributed by atoms with van der Waals surface area (Å²) in [6, 6.07) is 11.1. The van der Waals surface area contributed by atoms with Crippen molar-refractivity contribution in [2.24, 2.45) is 0 Å². The Morgan fingerprint density at radius 1 is 1.24 bits per heavy atom. The van der Waals surface area contributed by atoms with Crippen molar-refractivity contribution in [1.29, 1.82) is 0 Å². The van der Waals surface area contributed by atoms with Crippen LogP contribution in [0.25, 0.3) is 5.69 Å². The second-order valence-electron chi connectivity index (χ2n) is 5.43. The normalized spacial score (nSPS) is 19.0. The highest BCUT2D eigenvalue weighted by Crippen LogP contribution is 2.26. The average Bonchev–Trinajstić information content (AvgIpc) is 3.07.